The van der Waals surface area contributed by atoms with Crippen LogP contribution in [0.25, 0.3) is 0 Å². The van der Waals surface area contributed by atoms with Crippen LogP contribution in [0.3, 0.4) is 0 Å². The molecule has 18 atom stereocenters. The first-order valence-electron chi connectivity index (χ1n) is 21.6. The molecule has 4 rings (SSSR count). The number of ether oxygens (including phenoxy) is 7. The second-order valence-electron chi connectivity index (χ2n) is 18.4. The number of hydrogen-bond donors (Lipinski definition) is 4. The molecule has 1 unspecified atom stereocenters. The molecule has 1 aliphatic carbocycles. The minimum atomic E-state index is -1.53. The summed E-state index contributed by atoms with van der Waals surface area (Å²) < 4.78 is 44.7. The van der Waals surface area contributed by atoms with Gasteiger partial charge >= 0.3 is 12.1 Å². The van der Waals surface area contributed by atoms with E-state index in [9.17, 15) is 29.7 Å². The molecule has 0 bridgehead atoms. The molecule has 1 aromatic rings. The van der Waals surface area contributed by atoms with Crippen LogP contribution in [0.5, 0.6) is 0 Å². The molecule has 1 saturated carbocycles. The number of anilines is 1. The second-order valence-corrected chi connectivity index (χ2v) is 18.4. The average molecular weight is 851 g/mol. The van der Waals surface area contributed by atoms with Crippen molar-refractivity contribution < 1.29 is 62.9 Å². The highest BCUT2D eigenvalue weighted by molar-refractivity contribution is 5.85. The van der Waals surface area contributed by atoms with Crippen molar-refractivity contribution in [1.29, 1.82) is 0 Å². The number of ketones is 1. The number of nitrogens with zero attached hydrogens (tertiary/aromatic N) is 1. The van der Waals surface area contributed by atoms with E-state index in [0.29, 0.717) is 18.5 Å². The first-order valence-corrected chi connectivity index (χ1v) is 21.6. The van der Waals surface area contributed by atoms with Crippen molar-refractivity contribution in [3.05, 3.63) is 30.3 Å². The van der Waals surface area contributed by atoms with Crippen molar-refractivity contribution in [3.8, 4) is 0 Å². The summed E-state index contributed by atoms with van der Waals surface area (Å²) in [6.07, 6.45) is -8.70. The van der Waals surface area contributed by atoms with Gasteiger partial charge in [0.15, 0.2) is 6.29 Å². The Morgan fingerprint density at radius 1 is 0.850 bits per heavy atom. The van der Waals surface area contributed by atoms with Gasteiger partial charge in [-0.2, -0.15) is 0 Å². The molecule has 3 aliphatic rings. The van der Waals surface area contributed by atoms with Gasteiger partial charge in [-0.05, 0) is 85.5 Å². The standard InChI is InChI=1S/C45H74N2O13/c1-14-33-37(51)35(49)27(5)34(48)25(3)22-44(8,54-12)40(59-42-36(50)32(47(10)11)21-26(4)56-42)28(6)38(29(7)41(52)58-33)57-31-20-24(2)39(45(9,23-31)55-13)60-43(53)46-30-18-16-15-17-19-30/h15-19,24-29,31-33,35-40,42,49-51H,14,20-23H2,1-13H3,(H,46,53)/t24-,25-,26-,27+,28+,29-,31-,32+,33-,35-,36-,37-,38?,39+,40-,42+,44-,45+/m1/s1. The molecule has 1 aromatic carbocycles. The Bertz CT molecular complexity index is 1550. The number of benzene rings is 1. The van der Waals surface area contributed by atoms with Gasteiger partial charge in [-0.15, -0.1) is 0 Å². The van der Waals surface area contributed by atoms with Gasteiger partial charge in [-0.3, -0.25) is 14.9 Å². The number of aliphatic hydroxyl groups is 3. The maximum Gasteiger partial charge on any atom is 0.412 e. The summed E-state index contributed by atoms with van der Waals surface area (Å²) in [7, 11) is 6.85. The van der Waals surface area contributed by atoms with Crippen LogP contribution in [0, 0.1) is 29.6 Å². The first kappa shape index (κ1) is 49.9. The van der Waals surface area contributed by atoms with Gasteiger partial charge in [0, 0.05) is 50.1 Å². The number of carbonyl (C=O) groups is 3. The average Bonchev–Trinajstić information content (AvgIpc) is 3.21. The minimum absolute atomic E-state index is 0.120. The van der Waals surface area contributed by atoms with Gasteiger partial charge in [0.05, 0.1) is 42.0 Å². The predicted molar refractivity (Wildman–Crippen MR) is 224 cm³/mol. The van der Waals surface area contributed by atoms with Crippen LogP contribution < -0.4 is 5.32 Å². The Morgan fingerprint density at radius 2 is 1.47 bits per heavy atom. The molecule has 3 fully saturated rings. The Labute approximate surface area is 357 Å². The largest absolute Gasteiger partial charge is 0.459 e. The summed E-state index contributed by atoms with van der Waals surface area (Å²) in [6.45, 7) is 16.2. The third-order valence-corrected chi connectivity index (χ3v) is 13.5. The van der Waals surface area contributed by atoms with E-state index >= 15 is 0 Å². The molecule has 0 radical (unpaired) electrons. The number of hydrogen-bond acceptors (Lipinski definition) is 14. The number of carbonyl (C=O) groups excluding carboxylic acids is 3. The van der Waals surface area contributed by atoms with Crippen LogP contribution in [0.1, 0.15) is 94.4 Å². The summed E-state index contributed by atoms with van der Waals surface area (Å²) in [6, 6.07) is 8.72. The summed E-state index contributed by atoms with van der Waals surface area (Å²) in [5, 5.41) is 37.1. The molecular weight excluding hydrogens is 776 g/mol. The van der Waals surface area contributed by atoms with E-state index in [1.807, 2.05) is 71.8 Å². The number of nitrogens with one attached hydrogen (secondary N) is 1. The van der Waals surface area contributed by atoms with E-state index in [1.165, 1.54) is 7.11 Å². The van der Waals surface area contributed by atoms with Crippen molar-refractivity contribution >= 4 is 23.5 Å². The first-order chi connectivity index (χ1) is 28.1. The van der Waals surface area contributed by atoms with Gasteiger partial charge in [-0.1, -0.05) is 52.8 Å². The zero-order valence-electron chi connectivity index (χ0n) is 38.0. The van der Waals surface area contributed by atoms with Crippen molar-refractivity contribution in [1.82, 2.24) is 4.90 Å². The van der Waals surface area contributed by atoms with Crippen LogP contribution in [0.2, 0.25) is 0 Å². The number of esters is 1. The number of Topliss-reactive ketones (excluding diaryl/α,β-unsaturated/α-hetero) is 1. The topological polar surface area (TPSA) is 192 Å². The molecule has 342 valence electrons. The fourth-order valence-electron chi connectivity index (χ4n) is 9.78. The maximum absolute atomic E-state index is 14.3. The van der Waals surface area contributed by atoms with E-state index in [4.69, 9.17) is 33.2 Å². The lowest BCUT2D eigenvalue weighted by Crippen LogP contribution is -2.60. The lowest BCUT2D eigenvalue weighted by atomic mass is 9.74. The molecule has 2 aliphatic heterocycles. The number of para-hydroxylation sites is 1. The number of methoxy groups -OCH3 is 2. The summed E-state index contributed by atoms with van der Waals surface area (Å²) in [5.41, 5.74) is -1.66. The molecule has 15 heteroatoms. The third kappa shape index (κ3) is 11.4. The second kappa shape index (κ2) is 21.1. The molecule has 4 N–H and O–H groups in total. The number of likely N-dealkylation sites (N-methyl/N-ethyl adjacent to an activating group) is 1. The van der Waals surface area contributed by atoms with Gasteiger partial charge in [0.25, 0.3) is 0 Å². The van der Waals surface area contributed by atoms with Crippen molar-refractivity contribution in [3.63, 3.8) is 0 Å². The predicted octanol–water partition coefficient (Wildman–Crippen LogP) is 4.97. The van der Waals surface area contributed by atoms with Crippen LogP contribution in [0.4, 0.5) is 10.5 Å². The molecule has 0 spiro atoms. The van der Waals surface area contributed by atoms with E-state index in [1.54, 1.807) is 46.9 Å². The summed E-state index contributed by atoms with van der Waals surface area (Å²) >= 11 is 0. The molecule has 1 amide bonds. The SMILES string of the molecule is CC[C@H]1OC(=O)[C@H](C)C(O[C@@H]2C[C@@H](C)[C@H](OC(=O)Nc3ccccc3)[C@@](C)(OC)C2)[C@H](C)[C@@H](O[C@@H]2O[C@H](C)C[C@H](N(C)C)[C@H]2O)[C@](C)(OC)C[C@@H](C)C(=O)[C@H](C)[C@@H](O)[C@@H]1O. The zero-order valence-corrected chi connectivity index (χ0v) is 38.0. The Hall–Kier alpha value is -2.73. The highest BCUT2D eigenvalue weighted by Crippen LogP contribution is 2.43. The van der Waals surface area contributed by atoms with Crippen molar-refractivity contribution in [2.24, 2.45) is 29.6 Å². The van der Waals surface area contributed by atoms with Gasteiger partial charge in [0.2, 0.25) is 0 Å². The van der Waals surface area contributed by atoms with E-state index in [0.717, 1.165) is 0 Å². The zero-order chi connectivity index (χ0) is 44.9. The number of aliphatic hydroxyl groups excluding tert-OH is 3. The molecule has 0 aromatic heterocycles. The summed E-state index contributed by atoms with van der Waals surface area (Å²) in [5.74, 6) is -4.58. The van der Waals surface area contributed by atoms with Gasteiger partial charge < -0.3 is 53.4 Å². The maximum atomic E-state index is 14.3. The quantitative estimate of drug-likeness (QED) is 0.231. The lowest BCUT2D eigenvalue weighted by Gasteiger charge is -2.50. The van der Waals surface area contributed by atoms with E-state index < -0.39 is 102 Å². The van der Waals surface area contributed by atoms with Crippen LogP contribution in [0.15, 0.2) is 30.3 Å². The van der Waals surface area contributed by atoms with Gasteiger partial charge in [-0.25, -0.2) is 4.79 Å². The Balaban J connectivity index is 1.78. The summed E-state index contributed by atoms with van der Waals surface area (Å²) in [4.78, 5) is 43.4. The van der Waals surface area contributed by atoms with E-state index in [-0.39, 0.29) is 43.1 Å². The third-order valence-electron chi connectivity index (χ3n) is 13.5. The number of cyclic esters (lactones) is 1. The van der Waals surface area contributed by atoms with Crippen molar-refractivity contribution in [2.45, 2.75) is 173 Å². The van der Waals surface area contributed by atoms with E-state index in [2.05, 4.69) is 5.32 Å². The number of rotatable bonds is 10. The van der Waals surface area contributed by atoms with Gasteiger partial charge in [0.1, 0.15) is 35.8 Å². The molecular formula is C45H74N2O13. The molecule has 2 saturated heterocycles. The van der Waals surface area contributed by atoms with Crippen LogP contribution in [-0.4, -0.2) is 145 Å². The van der Waals surface area contributed by atoms with Crippen molar-refractivity contribution in [2.75, 3.05) is 33.6 Å². The molecule has 60 heavy (non-hydrogen) atoms. The highest BCUT2D eigenvalue weighted by Gasteiger charge is 2.53. The smallest absolute Gasteiger partial charge is 0.412 e. The normalized spacial score (nSPS) is 42.5. The molecule has 15 nitrogen and oxygen atoms in total. The minimum Gasteiger partial charge on any atom is -0.459 e. The van der Waals surface area contributed by atoms with Crippen LogP contribution in [-0.2, 0) is 42.7 Å². The monoisotopic (exact) mass is 851 g/mol. The highest BCUT2D eigenvalue weighted by atomic mass is 16.7. The fourth-order valence-corrected chi connectivity index (χ4v) is 9.78. The lowest BCUT2D eigenvalue weighted by molar-refractivity contribution is -0.304. The number of amides is 1. The van der Waals surface area contributed by atoms with Crippen LogP contribution >= 0.6 is 0 Å². The Kier molecular flexibility index (Phi) is 17.6. The fraction of sp³-hybridized carbons (Fsp3) is 0.800. The molecule has 2 heterocycles. The Morgan fingerprint density at radius 3 is 2.05 bits per heavy atom.